The van der Waals surface area contributed by atoms with Crippen molar-refractivity contribution in [3.05, 3.63) is 162 Å². The minimum atomic E-state index is 0.611. The lowest BCUT2D eigenvalue weighted by Crippen LogP contribution is -2.04. The number of amidine groups is 1. The zero-order valence-electron chi connectivity index (χ0n) is 25.2. The van der Waals surface area contributed by atoms with Gasteiger partial charge in [0, 0.05) is 28.4 Å². The summed E-state index contributed by atoms with van der Waals surface area (Å²) < 4.78 is 0. The number of aliphatic imine (C=N–C) groups is 3. The summed E-state index contributed by atoms with van der Waals surface area (Å²) in [6.45, 7) is 6.29. The van der Waals surface area contributed by atoms with Crippen molar-refractivity contribution in [2.45, 2.75) is 19.8 Å². The number of aromatic nitrogens is 1. The number of benzene rings is 5. The first-order valence-corrected chi connectivity index (χ1v) is 15.2. The maximum absolute atomic E-state index is 5.09. The Morgan fingerprint density at radius 2 is 1.33 bits per heavy atom. The first-order valence-electron chi connectivity index (χ1n) is 15.2. The predicted octanol–water partition coefficient (Wildman–Crippen LogP) is 10.1. The van der Waals surface area contributed by atoms with Gasteiger partial charge in [0.25, 0.3) is 0 Å². The second-order valence-corrected chi connectivity index (χ2v) is 11.2. The summed E-state index contributed by atoms with van der Waals surface area (Å²) in [6.07, 6.45) is 3.97. The molecule has 6 aromatic rings. The number of hydrogen-bond acceptors (Lipinski definition) is 3. The third-order valence-corrected chi connectivity index (χ3v) is 8.13. The van der Waals surface area contributed by atoms with E-state index in [2.05, 4.69) is 104 Å². The first kappa shape index (κ1) is 28.1. The molecule has 0 saturated carbocycles. The monoisotopic (exact) mass is 580 g/mol. The predicted molar refractivity (Wildman–Crippen MR) is 190 cm³/mol. The van der Waals surface area contributed by atoms with E-state index in [0.29, 0.717) is 11.5 Å². The fourth-order valence-corrected chi connectivity index (χ4v) is 5.64. The lowest BCUT2D eigenvalue weighted by atomic mass is 10.0. The van der Waals surface area contributed by atoms with Gasteiger partial charge in [0.2, 0.25) is 0 Å². The quantitative estimate of drug-likeness (QED) is 0.143. The second-order valence-electron chi connectivity index (χ2n) is 11.2. The van der Waals surface area contributed by atoms with Crippen molar-refractivity contribution in [2.75, 3.05) is 0 Å². The minimum absolute atomic E-state index is 0.611. The van der Waals surface area contributed by atoms with E-state index in [9.17, 15) is 0 Å². The molecule has 45 heavy (non-hydrogen) atoms. The van der Waals surface area contributed by atoms with Crippen molar-refractivity contribution in [1.29, 1.82) is 0 Å². The van der Waals surface area contributed by atoms with Crippen LogP contribution in [0.15, 0.2) is 155 Å². The topological polar surface area (TPSA) is 50.0 Å². The molecule has 0 atom stereocenters. The molecule has 4 nitrogen and oxygen atoms in total. The summed E-state index contributed by atoms with van der Waals surface area (Å²) in [4.78, 5) is 19.8. The lowest BCUT2D eigenvalue weighted by Gasteiger charge is -2.13. The Morgan fingerprint density at radius 3 is 2.13 bits per heavy atom. The molecule has 0 radical (unpaired) electrons. The second kappa shape index (κ2) is 12.5. The smallest absolute Gasteiger partial charge is 0.160 e. The lowest BCUT2D eigenvalue weighted by molar-refractivity contribution is 1.03. The Labute approximate surface area is 263 Å². The van der Waals surface area contributed by atoms with Gasteiger partial charge >= 0.3 is 0 Å². The van der Waals surface area contributed by atoms with Crippen molar-refractivity contribution in [2.24, 2.45) is 15.0 Å². The van der Waals surface area contributed by atoms with Gasteiger partial charge in [-0.1, -0.05) is 128 Å². The molecule has 0 amide bonds. The molecule has 0 N–H and O–H groups in total. The summed E-state index contributed by atoms with van der Waals surface area (Å²) in [5.74, 6) is 0.611. The van der Waals surface area contributed by atoms with Crippen LogP contribution < -0.4 is 0 Å². The van der Waals surface area contributed by atoms with Crippen molar-refractivity contribution >= 4 is 40.0 Å². The van der Waals surface area contributed by atoms with Gasteiger partial charge in [-0.05, 0) is 59.7 Å². The van der Waals surface area contributed by atoms with Gasteiger partial charge in [0.1, 0.15) is 0 Å². The largest absolute Gasteiger partial charge is 0.259 e. The first-order chi connectivity index (χ1) is 22.1. The molecular formula is C41H32N4. The molecule has 1 aliphatic rings. The average molecular weight is 581 g/mol. The van der Waals surface area contributed by atoms with E-state index in [1.54, 1.807) is 0 Å². The van der Waals surface area contributed by atoms with Crippen molar-refractivity contribution in [3.8, 4) is 22.4 Å². The zero-order chi connectivity index (χ0) is 30.6. The highest BCUT2D eigenvalue weighted by molar-refractivity contribution is 6.13. The van der Waals surface area contributed by atoms with Crippen LogP contribution in [0.1, 0.15) is 35.6 Å². The molecule has 0 saturated heterocycles. The zero-order valence-corrected chi connectivity index (χ0v) is 25.2. The third kappa shape index (κ3) is 6.04. The molecule has 5 aromatic carbocycles. The van der Waals surface area contributed by atoms with Gasteiger partial charge < -0.3 is 0 Å². The average Bonchev–Trinajstić information content (AvgIpc) is 3.12. The van der Waals surface area contributed by atoms with Crippen molar-refractivity contribution < 1.29 is 0 Å². The standard InChI is InChI=1S/C41H32N4/c1-28(30-11-5-3-6-12-30)43-41(35-22-18-32(19-23-35)31-13-7-4-8-14-31)44-29(2)36-15-9-16-37(27-36)38-25-24-34-21-20-33-17-10-26-42-39(33)40(34)45-38/h3-9,11-16,18-27H,1,10,17H2,2H3/b43-41-,44-29+. The highest BCUT2D eigenvalue weighted by Gasteiger charge is 2.13. The highest BCUT2D eigenvalue weighted by atomic mass is 14.9. The van der Waals surface area contributed by atoms with Crippen molar-refractivity contribution in [3.63, 3.8) is 0 Å². The molecule has 2 heterocycles. The van der Waals surface area contributed by atoms with E-state index in [-0.39, 0.29) is 0 Å². The van der Waals surface area contributed by atoms with Crippen LogP contribution in [-0.4, -0.2) is 22.7 Å². The van der Waals surface area contributed by atoms with Gasteiger partial charge in [-0.15, -0.1) is 0 Å². The van der Waals surface area contributed by atoms with E-state index in [4.69, 9.17) is 20.0 Å². The van der Waals surface area contributed by atoms with Crippen LogP contribution in [0.25, 0.3) is 39.0 Å². The summed E-state index contributed by atoms with van der Waals surface area (Å²) in [7, 11) is 0. The Bertz CT molecular complexity index is 2110. The number of aryl methyl sites for hydroxylation is 1. The Kier molecular flexibility index (Phi) is 7.78. The van der Waals surface area contributed by atoms with Gasteiger partial charge in [0.15, 0.2) is 5.84 Å². The highest BCUT2D eigenvalue weighted by Crippen LogP contribution is 2.33. The molecule has 4 heteroatoms. The summed E-state index contributed by atoms with van der Waals surface area (Å²) in [5, 5.41) is 1.10. The maximum atomic E-state index is 5.09. The number of rotatable bonds is 6. The van der Waals surface area contributed by atoms with Crippen LogP contribution in [0.3, 0.4) is 0 Å². The fraction of sp³-hybridized carbons (Fsp3) is 0.0732. The van der Waals surface area contributed by atoms with E-state index >= 15 is 0 Å². The molecule has 7 rings (SSSR count). The van der Waals surface area contributed by atoms with Gasteiger partial charge in [0.05, 0.1) is 22.6 Å². The Hall–Kier alpha value is -5.74. The van der Waals surface area contributed by atoms with Crippen molar-refractivity contribution in [1.82, 2.24) is 4.98 Å². The van der Waals surface area contributed by atoms with Crippen LogP contribution >= 0.6 is 0 Å². The number of fused-ring (bicyclic) bond motifs is 3. The maximum Gasteiger partial charge on any atom is 0.160 e. The third-order valence-electron chi connectivity index (χ3n) is 8.13. The van der Waals surface area contributed by atoms with Gasteiger partial charge in [-0.2, -0.15) is 0 Å². The molecule has 0 bridgehead atoms. The molecule has 0 spiro atoms. The fourth-order valence-electron chi connectivity index (χ4n) is 5.64. The van der Waals surface area contributed by atoms with Gasteiger partial charge in [-0.25, -0.2) is 15.0 Å². The molecule has 1 aromatic heterocycles. The molecule has 1 aliphatic heterocycles. The molecule has 0 unspecified atom stereocenters. The minimum Gasteiger partial charge on any atom is -0.259 e. The van der Waals surface area contributed by atoms with Crippen LogP contribution in [0.2, 0.25) is 0 Å². The summed E-state index contributed by atoms with van der Waals surface area (Å²) in [6, 6.07) is 45.7. The SMILES string of the molecule is C=C(/N=C(\N=C(/C)c1cccc(-c2ccc3ccc4c(c3n2)N=CCC4)c1)c1ccc(-c2ccccc2)cc1)c1ccccc1. The van der Waals surface area contributed by atoms with Crippen LogP contribution in [0.5, 0.6) is 0 Å². The van der Waals surface area contributed by atoms with Gasteiger partial charge in [-0.3, -0.25) is 4.99 Å². The Morgan fingerprint density at radius 1 is 0.644 bits per heavy atom. The molecular weight excluding hydrogens is 548 g/mol. The van der Waals surface area contributed by atoms with Crippen LogP contribution in [-0.2, 0) is 6.42 Å². The molecule has 216 valence electrons. The van der Waals surface area contributed by atoms with E-state index in [1.165, 1.54) is 11.1 Å². The number of pyridine rings is 1. The van der Waals surface area contributed by atoms with E-state index < -0.39 is 0 Å². The Balaban J connectivity index is 1.26. The van der Waals surface area contributed by atoms with E-state index in [1.807, 2.05) is 49.5 Å². The van der Waals surface area contributed by atoms with Crippen LogP contribution in [0, 0.1) is 0 Å². The van der Waals surface area contributed by atoms with Crippen LogP contribution in [0.4, 0.5) is 5.69 Å². The summed E-state index contributed by atoms with van der Waals surface area (Å²) in [5.41, 5.74) is 11.8. The van der Waals surface area contributed by atoms with E-state index in [0.717, 1.165) is 68.7 Å². The normalized spacial score (nSPS) is 13.1. The number of hydrogen-bond donors (Lipinski definition) is 0. The summed E-state index contributed by atoms with van der Waals surface area (Å²) >= 11 is 0. The number of nitrogens with zero attached hydrogens (tertiary/aromatic N) is 4. The molecule has 0 aliphatic carbocycles. The molecule has 0 fully saturated rings.